The maximum absolute atomic E-state index is 11.8. The lowest BCUT2D eigenvalue weighted by Crippen LogP contribution is -2.56. The van der Waals surface area contributed by atoms with Crippen LogP contribution in [0.15, 0.2) is 24.3 Å². The number of hydrogen-bond donors (Lipinski definition) is 1. The van der Waals surface area contributed by atoms with Crippen LogP contribution in [0.1, 0.15) is 34.6 Å². The fourth-order valence-corrected chi connectivity index (χ4v) is 4.00. The number of ether oxygens (including phenoxy) is 2. The van der Waals surface area contributed by atoms with Gasteiger partial charge < -0.3 is 14.8 Å². The predicted molar refractivity (Wildman–Crippen MR) is 87.6 cm³/mol. The van der Waals surface area contributed by atoms with Gasteiger partial charge in [0, 0.05) is 17.4 Å². The Morgan fingerprint density at radius 3 is 2.86 bits per heavy atom. The van der Waals surface area contributed by atoms with Crippen LogP contribution in [0, 0.1) is 23.2 Å². The first-order chi connectivity index (χ1) is 10.3. The number of allylic oxidation sites excluding steroid dienone is 1. The van der Waals surface area contributed by atoms with Crippen LogP contribution in [0.2, 0.25) is 0 Å². The summed E-state index contributed by atoms with van der Waals surface area (Å²) in [6.45, 7) is 15.3. The van der Waals surface area contributed by atoms with Gasteiger partial charge in [0.25, 0.3) is 0 Å². The average Bonchev–Trinajstić information content (AvgIpc) is 2.43. The minimum Gasteiger partial charge on any atom is -0.449 e. The maximum atomic E-state index is 11.8. The van der Waals surface area contributed by atoms with Gasteiger partial charge in [-0.3, -0.25) is 0 Å². The Hall–Kier alpha value is -1.29. The maximum Gasteiger partial charge on any atom is 0.407 e. The van der Waals surface area contributed by atoms with E-state index in [-0.39, 0.29) is 23.7 Å². The smallest absolute Gasteiger partial charge is 0.407 e. The van der Waals surface area contributed by atoms with Crippen molar-refractivity contribution in [1.29, 1.82) is 0 Å². The number of hydrogen-bond acceptors (Lipinski definition) is 3. The van der Waals surface area contributed by atoms with E-state index in [4.69, 9.17) is 9.47 Å². The second kappa shape index (κ2) is 6.45. The number of carbonyl (C=O) groups excluding carboxylic acids is 1. The highest BCUT2D eigenvalue weighted by Gasteiger charge is 2.53. The monoisotopic (exact) mass is 307 g/mol. The molecular formula is C18H29NO3. The molecule has 4 heteroatoms. The van der Waals surface area contributed by atoms with E-state index in [9.17, 15) is 4.79 Å². The molecule has 0 aromatic rings. The van der Waals surface area contributed by atoms with Crippen molar-refractivity contribution in [2.24, 2.45) is 23.2 Å². The van der Waals surface area contributed by atoms with Crippen molar-refractivity contribution in [2.45, 2.75) is 46.8 Å². The molecule has 1 saturated heterocycles. The van der Waals surface area contributed by atoms with Gasteiger partial charge in [0.15, 0.2) is 0 Å². The highest BCUT2D eigenvalue weighted by atomic mass is 16.6. The van der Waals surface area contributed by atoms with Crippen molar-refractivity contribution in [3.63, 3.8) is 0 Å². The number of nitrogens with one attached hydrogen (secondary N) is 1. The summed E-state index contributed by atoms with van der Waals surface area (Å²) in [5.74, 6) is 1.02. The minimum absolute atomic E-state index is 0.0522. The van der Waals surface area contributed by atoms with E-state index in [1.807, 2.05) is 19.9 Å². The molecule has 124 valence electrons. The van der Waals surface area contributed by atoms with Crippen LogP contribution < -0.4 is 5.32 Å². The molecule has 4 nitrogen and oxygen atoms in total. The van der Waals surface area contributed by atoms with Gasteiger partial charge in [0.2, 0.25) is 0 Å². The van der Waals surface area contributed by atoms with Gasteiger partial charge in [-0.1, -0.05) is 31.6 Å². The van der Waals surface area contributed by atoms with Crippen LogP contribution in [-0.4, -0.2) is 31.5 Å². The minimum atomic E-state index is -0.350. The number of rotatable bonds is 4. The van der Waals surface area contributed by atoms with Crippen molar-refractivity contribution >= 4 is 6.09 Å². The molecule has 0 spiro atoms. The first-order valence-corrected chi connectivity index (χ1v) is 8.17. The molecule has 5 unspecified atom stereocenters. The van der Waals surface area contributed by atoms with E-state index < -0.39 is 0 Å². The number of amides is 1. The summed E-state index contributed by atoms with van der Waals surface area (Å²) >= 11 is 0. The van der Waals surface area contributed by atoms with Gasteiger partial charge in [-0.25, -0.2) is 4.79 Å². The van der Waals surface area contributed by atoms with Gasteiger partial charge in [-0.05, 0) is 32.6 Å². The lowest BCUT2D eigenvalue weighted by atomic mass is 9.56. The predicted octanol–water partition coefficient (Wildman–Crippen LogP) is 3.54. The third-order valence-corrected chi connectivity index (χ3v) is 5.40. The molecule has 0 radical (unpaired) electrons. The zero-order valence-electron chi connectivity index (χ0n) is 14.4. The van der Waals surface area contributed by atoms with Crippen molar-refractivity contribution in [2.75, 3.05) is 13.2 Å². The summed E-state index contributed by atoms with van der Waals surface area (Å²) < 4.78 is 11.6. The average molecular weight is 307 g/mol. The molecule has 0 aromatic heterocycles. The van der Waals surface area contributed by atoms with E-state index in [0.29, 0.717) is 31.0 Å². The van der Waals surface area contributed by atoms with Crippen LogP contribution in [0.3, 0.4) is 0 Å². The molecule has 1 amide bonds. The Kier molecular flexibility index (Phi) is 5.00. The summed E-state index contributed by atoms with van der Waals surface area (Å²) in [6.07, 6.45) is 3.91. The van der Waals surface area contributed by atoms with E-state index in [1.165, 1.54) is 5.57 Å². The Morgan fingerprint density at radius 1 is 1.59 bits per heavy atom. The van der Waals surface area contributed by atoms with Gasteiger partial charge in [-0.15, -0.1) is 6.58 Å². The molecule has 2 rings (SSSR count). The molecular weight excluding hydrogens is 278 g/mol. The van der Waals surface area contributed by atoms with E-state index >= 15 is 0 Å². The van der Waals surface area contributed by atoms with E-state index in [1.54, 1.807) is 0 Å². The molecule has 2 aliphatic rings. The summed E-state index contributed by atoms with van der Waals surface area (Å²) in [4.78, 5) is 11.8. The fourth-order valence-electron chi connectivity index (χ4n) is 4.00. The fraction of sp³-hybridized carbons (Fsp3) is 0.722. The Morgan fingerprint density at radius 2 is 2.27 bits per heavy atom. The molecule has 1 heterocycles. The zero-order chi connectivity index (χ0) is 16.5. The molecule has 0 aromatic carbocycles. The highest BCUT2D eigenvalue weighted by molar-refractivity contribution is 5.67. The topological polar surface area (TPSA) is 47.6 Å². The van der Waals surface area contributed by atoms with Crippen LogP contribution >= 0.6 is 0 Å². The van der Waals surface area contributed by atoms with Crippen LogP contribution in [0.5, 0.6) is 0 Å². The number of alkyl carbamates (subject to hydrolysis) is 1. The van der Waals surface area contributed by atoms with Crippen molar-refractivity contribution in [3.8, 4) is 0 Å². The number of carbonyl (C=O) groups is 1. The Balaban J connectivity index is 2.18. The summed E-state index contributed by atoms with van der Waals surface area (Å²) in [5, 5.41) is 2.78. The highest BCUT2D eigenvalue weighted by Crippen LogP contribution is 2.52. The SMILES string of the molecule is C=CC1OCC2(COC(=O)NC(C)C)C(C)C=C(C)C1C2C. The second-order valence-corrected chi connectivity index (χ2v) is 7.13. The third-order valence-electron chi connectivity index (χ3n) is 5.40. The normalized spacial score (nSPS) is 37.5. The molecule has 1 N–H and O–H groups in total. The second-order valence-electron chi connectivity index (χ2n) is 7.13. The van der Waals surface area contributed by atoms with Crippen molar-refractivity contribution < 1.29 is 14.3 Å². The molecule has 1 aliphatic carbocycles. The van der Waals surface area contributed by atoms with E-state index in [0.717, 1.165) is 0 Å². The molecule has 22 heavy (non-hydrogen) atoms. The first-order valence-electron chi connectivity index (χ1n) is 8.17. The Labute approximate surface area is 133 Å². The van der Waals surface area contributed by atoms with Gasteiger partial charge in [0.05, 0.1) is 12.7 Å². The molecule has 1 aliphatic heterocycles. The standard InChI is InChI=1S/C18H29NO3/c1-7-15-16-12(4)8-13(5)18(9-21-15,14(16)6)10-22-17(20)19-11(2)3/h7-8,11,13-16H,1,9-10H2,2-6H3,(H,19,20). The molecule has 5 atom stereocenters. The van der Waals surface area contributed by atoms with Crippen LogP contribution in [0.4, 0.5) is 4.79 Å². The Bertz CT molecular complexity index is 471. The number of fused-ring (bicyclic) bond motifs is 2. The summed E-state index contributed by atoms with van der Waals surface area (Å²) in [7, 11) is 0. The summed E-state index contributed by atoms with van der Waals surface area (Å²) in [6, 6.07) is 0.0776. The first kappa shape index (κ1) is 17.1. The largest absolute Gasteiger partial charge is 0.449 e. The lowest BCUT2D eigenvalue weighted by molar-refractivity contribution is -0.149. The van der Waals surface area contributed by atoms with Crippen LogP contribution in [-0.2, 0) is 9.47 Å². The van der Waals surface area contributed by atoms with Gasteiger partial charge in [0.1, 0.15) is 6.61 Å². The quantitative estimate of drug-likeness (QED) is 0.808. The van der Waals surface area contributed by atoms with E-state index in [2.05, 4.69) is 38.7 Å². The summed E-state index contributed by atoms with van der Waals surface area (Å²) in [5.41, 5.74) is 1.20. The molecule has 1 fully saturated rings. The van der Waals surface area contributed by atoms with Crippen molar-refractivity contribution in [1.82, 2.24) is 5.32 Å². The van der Waals surface area contributed by atoms with Crippen LogP contribution in [0.25, 0.3) is 0 Å². The van der Waals surface area contributed by atoms with Gasteiger partial charge in [-0.2, -0.15) is 0 Å². The lowest BCUT2D eigenvalue weighted by Gasteiger charge is -2.54. The van der Waals surface area contributed by atoms with Gasteiger partial charge >= 0.3 is 6.09 Å². The zero-order valence-corrected chi connectivity index (χ0v) is 14.4. The van der Waals surface area contributed by atoms with Crippen molar-refractivity contribution in [3.05, 3.63) is 24.3 Å². The molecule has 0 saturated carbocycles. The molecule has 2 bridgehead atoms. The third kappa shape index (κ3) is 2.94.